The third-order valence-electron chi connectivity index (χ3n) is 2.87. The predicted molar refractivity (Wildman–Crippen MR) is 73.3 cm³/mol. The topological polar surface area (TPSA) is 110 Å². The van der Waals surface area contributed by atoms with Crippen LogP contribution in [0.4, 0.5) is 0 Å². The zero-order valence-electron chi connectivity index (χ0n) is 11.4. The van der Waals surface area contributed by atoms with Gasteiger partial charge in [0.1, 0.15) is 11.5 Å². The third kappa shape index (κ3) is 3.33. The molecule has 0 saturated carbocycles. The van der Waals surface area contributed by atoms with Crippen LogP contribution in [-0.4, -0.2) is 21.0 Å². The summed E-state index contributed by atoms with van der Waals surface area (Å²) in [5.41, 5.74) is 7.81. The van der Waals surface area contributed by atoms with Crippen molar-refractivity contribution in [2.75, 3.05) is 0 Å². The number of amidine groups is 1. The molecule has 0 aliphatic carbocycles. The van der Waals surface area contributed by atoms with Crippen LogP contribution in [0.15, 0.2) is 27.9 Å². The number of aryl methyl sites for hydroxylation is 2. The Labute approximate surface area is 116 Å². The van der Waals surface area contributed by atoms with Crippen LogP contribution in [0.2, 0.25) is 0 Å². The highest BCUT2D eigenvalue weighted by Gasteiger charge is 2.06. The number of oxime groups is 1. The van der Waals surface area contributed by atoms with Gasteiger partial charge in [0.25, 0.3) is 0 Å². The van der Waals surface area contributed by atoms with Crippen molar-refractivity contribution in [2.24, 2.45) is 10.9 Å². The molecule has 0 spiro atoms. The van der Waals surface area contributed by atoms with E-state index in [4.69, 9.17) is 15.4 Å². The van der Waals surface area contributed by atoms with Crippen LogP contribution < -0.4 is 11.1 Å². The summed E-state index contributed by atoms with van der Waals surface area (Å²) >= 11 is 0. The number of nitrogens with one attached hydrogen (secondary N) is 1. The summed E-state index contributed by atoms with van der Waals surface area (Å²) < 4.78 is 5.47. The molecule has 2 rings (SSSR count). The van der Waals surface area contributed by atoms with Crippen LogP contribution in [0, 0.1) is 13.8 Å². The molecule has 0 radical (unpaired) electrons. The molecule has 0 aromatic carbocycles. The summed E-state index contributed by atoms with van der Waals surface area (Å²) in [7, 11) is 0. The van der Waals surface area contributed by atoms with Crippen molar-refractivity contribution in [3.05, 3.63) is 46.9 Å². The van der Waals surface area contributed by atoms with Crippen LogP contribution in [0.25, 0.3) is 0 Å². The van der Waals surface area contributed by atoms with Crippen molar-refractivity contribution in [2.45, 2.75) is 26.9 Å². The molecular weight excluding hydrogens is 258 g/mol. The Hall–Kier alpha value is -2.41. The normalized spacial score (nSPS) is 11.8. The number of nitrogens with zero attached hydrogens (tertiary/aromatic N) is 3. The van der Waals surface area contributed by atoms with E-state index in [1.165, 1.54) is 0 Å². The molecule has 0 atom stereocenters. The average Bonchev–Trinajstić information content (AvgIpc) is 2.77. The first-order valence-corrected chi connectivity index (χ1v) is 6.16. The largest absolute Gasteiger partial charge is 0.444 e. The maximum atomic E-state index is 8.62. The minimum Gasteiger partial charge on any atom is -0.444 e. The van der Waals surface area contributed by atoms with E-state index in [9.17, 15) is 0 Å². The van der Waals surface area contributed by atoms with Crippen molar-refractivity contribution >= 4 is 5.84 Å². The van der Waals surface area contributed by atoms with E-state index in [-0.39, 0.29) is 5.84 Å². The van der Waals surface area contributed by atoms with E-state index in [1.807, 2.05) is 19.9 Å². The van der Waals surface area contributed by atoms with E-state index in [0.717, 1.165) is 17.0 Å². The number of pyridine rings is 1. The van der Waals surface area contributed by atoms with Gasteiger partial charge in [-0.2, -0.15) is 0 Å². The monoisotopic (exact) mass is 275 g/mol. The summed E-state index contributed by atoms with van der Waals surface area (Å²) in [5.74, 6) is 1.48. The van der Waals surface area contributed by atoms with Gasteiger partial charge in [0, 0.05) is 12.7 Å². The maximum absolute atomic E-state index is 8.62. The van der Waals surface area contributed by atoms with Crippen molar-refractivity contribution in [3.8, 4) is 0 Å². The molecule has 0 aliphatic heterocycles. The molecule has 7 nitrogen and oxygen atoms in total. The fourth-order valence-corrected chi connectivity index (χ4v) is 1.70. The molecule has 0 aliphatic rings. The Morgan fingerprint density at radius 2 is 2.25 bits per heavy atom. The minimum atomic E-state index is -0.00852. The van der Waals surface area contributed by atoms with Crippen molar-refractivity contribution in [1.29, 1.82) is 0 Å². The highest BCUT2D eigenvalue weighted by molar-refractivity contribution is 5.95. The molecular formula is C13H17N5O2. The first kappa shape index (κ1) is 14.0. The Morgan fingerprint density at radius 3 is 2.90 bits per heavy atom. The predicted octanol–water partition coefficient (Wildman–Crippen LogP) is 1.07. The molecule has 4 N–H and O–H groups in total. The molecule has 2 heterocycles. The Balaban J connectivity index is 1.94. The zero-order valence-corrected chi connectivity index (χ0v) is 11.4. The quantitative estimate of drug-likeness (QED) is 0.326. The van der Waals surface area contributed by atoms with Gasteiger partial charge in [0.05, 0.1) is 12.2 Å². The van der Waals surface area contributed by atoms with Gasteiger partial charge in [0.15, 0.2) is 5.84 Å². The molecule has 2 aromatic rings. The molecule has 0 unspecified atom stereocenters. The molecule has 2 aromatic heterocycles. The highest BCUT2D eigenvalue weighted by Crippen LogP contribution is 2.08. The molecule has 0 bridgehead atoms. The van der Waals surface area contributed by atoms with Gasteiger partial charge < -0.3 is 20.7 Å². The van der Waals surface area contributed by atoms with Gasteiger partial charge in [0.2, 0.25) is 5.89 Å². The van der Waals surface area contributed by atoms with Gasteiger partial charge >= 0.3 is 0 Å². The van der Waals surface area contributed by atoms with E-state index in [1.54, 1.807) is 12.3 Å². The number of hydrogen-bond donors (Lipinski definition) is 3. The smallest absolute Gasteiger partial charge is 0.208 e. The Morgan fingerprint density at radius 1 is 1.45 bits per heavy atom. The van der Waals surface area contributed by atoms with Crippen LogP contribution in [0.1, 0.15) is 28.6 Å². The lowest BCUT2D eigenvalue weighted by Crippen LogP contribution is -2.17. The fraction of sp³-hybridized carbons (Fsp3) is 0.308. The van der Waals surface area contributed by atoms with E-state index < -0.39 is 0 Å². The van der Waals surface area contributed by atoms with Crippen LogP contribution in [0.3, 0.4) is 0 Å². The molecule has 0 fully saturated rings. The molecule has 0 amide bonds. The zero-order chi connectivity index (χ0) is 14.5. The van der Waals surface area contributed by atoms with Gasteiger partial charge in [-0.05, 0) is 31.5 Å². The number of aromatic nitrogens is 2. The SMILES string of the molecule is Cc1nc(CNCc2ccnc(/C(N)=N/O)c2)oc1C. The summed E-state index contributed by atoms with van der Waals surface area (Å²) in [6.45, 7) is 4.94. The van der Waals surface area contributed by atoms with Crippen LogP contribution in [-0.2, 0) is 13.1 Å². The minimum absolute atomic E-state index is 0.00852. The van der Waals surface area contributed by atoms with Crippen molar-refractivity contribution in [3.63, 3.8) is 0 Å². The van der Waals surface area contributed by atoms with E-state index >= 15 is 0 Å². The summed E-state index contributed by atoms with van der Waals surface area (Å²) in [5, 5.41) is 14.8. The van der Waals surface area contributed by atoms with E-state index in [2.05, 4.69) is 20.4 Å². The lowest BCUT2D eigenvalue weighted by atomic mass is 10.2. The summed E-state index contributed by atoms with van der Waals surface area (Å²) in [4.78, 5) is 8.30. The second-order valence-corrected chi connectivity index (χ2v) is 4.39. The number of oxazole rings is 1. The van der Waals surface area contributed by atoms with Crippen LogP contribution in [0.5, 0.6) is 0 Å². The van der Waals surface area contributed by atoms with Crippen molar-refractivity contribution in [1.82, 2.24) is 15.3 Å². The fourth-order valence-electron chi connectivity index (χ4n) is 1.70. The average molecular weight is 275 g/mol. The highest BCUT2D eigenvalue weighted by atomic mass is 16.4. The standard InChI is InChI=1S/C13H17N5O2/c1-8-9(2)20-12(17-8)7-15-6-10-3-4-16-11(5-10)13(14)18-19/h3-5,15,19H,6-7H2,1-2H3,(H2,14,18). The van der Waals surface area contributed by atoms with Gasteiger partial charge in [-0.15, -0.1) is 0 Å². The molecule has 0 saturated heterocycles. The molecule has 7 heteroatoms. The Kier molecular flexibility index (Phi) is 4.31. The third-order valence-corrected chi connectivity index (χ3v) is 2.87. The maximum Gasteiger partial charge on any atom is 0.208 e. The molecule has 106 valence electrons. The van der Waals surface area contributed by atoms with Gasteiger partial charge in [-0.3, -0.25) is 4.98 Å². The van der Waals surface area contributed by atoms with Gasteiger partial charge in [-0.25, -0.2) is 4.98 Å². The summed E-state index contributed by atoms with van der Waals surface area (Å²) in [6.07, 6.45) is 1.61. The number of nitrogens with two attached hydrogens (primary N) is 1. The summed E-state index contributed by atoms with van der Waals surface area (Å²) in [6, 6.07) is 3.61. The first-order valence-electron chi connectivity index (χ1n) is 6.16. The van der Waals surface area contributed by atoms with Crippen LogP contribution >= 0.6 is 0 Å². The number of rotatable bonds is 5. The van der Waals surface area contributed by atoms with E-state index in [0.29, 0.717) is 24.7 Å². The molecule has 20 heavy (non-hydrogen) atoms. The second kappa shape index (κ2) is 6.16. The second-order valence-electron chi connectivity index (χ2n) is 4.39. The van der Waals surface area contributed by atoms with Gasteiger partial charge in [-0.1, -0.05) is 5.16 Å². The first-order chi connectivity index (χ1) is 9.60. The number of hydrogen-bond acceptors (Lipinski definition) is 6. The van der Waals surface area contributed by atoms with Crippen molar-refractivity contribution < 1.29 is 9.62 Å². The Bertz CT molecular complexity index is 601. The lowest BCUT2D eigenvalue weighted by molar-refractivity contribution is 0.318. The lowest BCUT2D eigenvalue weighted by Gasteiger charge is -2.04.